The predicted octanol–water partition coefficient (Wildman–Crippen LogP) is 0.786. The molecule has 2 atom stereocenters. The molecular weight excluding hydrogens is 284 g/mol. The minimum Gasteiger partial charge on any atom is -0.480 e. The Bertz CT molecular complexity index is 351. The largest absolute Gasteiger partial charge is 0.480 e. The fourth-order valence-electron chi connectivity index (χ4n) is 1.38. The third kappa shape index (κ3) is 6.65. The summed E-state index contributed by atoms with van der Waals surface area (Å²) in [7, 11) is 2.76. The van der Waals surface area contributed by atoms with Crippen molar-refractivity contribution in [2.24, 2.45) is 0 Å². The first-order chi connectivity index (χ1) is 9.33. The topological polar surface area (TPSA) is 95.9 Å². The van der Waals surface area contributed by atoms with E-state index in [1.807, 2.05) is 13.2 Å². The summed E-state index contributed by atoms with van der Waals surface area (Å²) >= 11 is 1.68. The smallest absolute Gasteiger partial charge is 0.326 e. The number of hydrogen-bond acceptors (Lipinski definition) is 5. The Morgan fingerprint density at radius 3 is 2.45 bits per heavy atom. The van der Waals surface area contributed by atoms with Crippen LogP contribution in [-0.4, -0.2) is 66.2 Å². The van der Waals surface area contributed by atoms with Gasteiger partial charge in [0.1, 0.15) is 6.04 Å². The number of carboxylic acid groups (broad SMARTS) is 1. The van der Waals surface area contributed by atoms with Gasteiger partial charge < -0.3 is 20.1 Å². The van der Waals surface area contributed by atoms with Crippen molar-refractivity contribution in [3.63, 3.8) is 0 Å². The molecule has 0 aromatic rings. The molecule has 0 aliphatic carbocycles. The van der Waals surface area contributed by atoms with Crippen LogP contribution in [0.2, 0.25) is 0 Å². The van der Waals surface area contributed by atoms with Crippen molar-refractivity contribution in [3.8, 4) is 0 Å². The molecule has 0 saturated carbocycles. The van der Waals surface area contributed by atoms with Gasteiger partial charge in [0.15, 0.2) is 0 Å². The molecule has 7 nitrogen and oxygen atoms in total. The van der Waals surface area contributed by atoms with Crippen molar-refractivity contribution in [2.75, 3.05) is 26.2 Å². The molecule has 0 bridgehead atoms. The van der Waals surface area contributed by atoms with E-state index in [1.54, 1.807) is 18.8 Å². The lowest BCUT2D eigenvalue weighted by Gasteiger charge is -2.26. The second-order valence-electron chi connectivity index (χ2n) is 4.36. The maximum atomic E-state index is 11.9. The average molecular weight is 306 g/mol. The molecule has 2 amide bonds. The van der Waals surface area contributed by atoms with E-state index in [-0.39, 0.29) is 6.04 Å². The summed E-state index contributed by atoms with van der Waals surface area (Å²) < 4.78 is 4.40. The van der Waals surface area contributed by atoms with E-state index in [0.717, 1.165) is 12.2 Å². The molecule has 0 heterocycles. The van der Waals surface area contributed by atoms with Gasteiger partial charge in [0, 0.05) is 13.1 Å². The average Bonchev–Trinajstić information content (AvgIpc) is 2.42. The van der Waals surface area contributed by atoms with Gasteiger partial charge in [-0.25, -0.2) is 9.59 Å². The van der Waals surface area contributed by atoms with Gasteiger partial charge in [-0.05, 0) is 25.4 Å². The molecule has 0 aliphatic heterocycles. The number of amides is 2. The van der Waals surface area contributed by atoms with Gasteiger partial charge in [0.2, 0.25) is 0 Å². The second-order valence-corrected chi connectivity index (χ2v) is 5.35. The van der Waals surface area contributed by atoms with Crippen molar-refractivity contribution in [3.05, 3.63) is 0 Å². The maximum absolute atomic E-state index is 11.9. The summed E-state index contributed by atoms with van der Waals surface area (Å²) in [5.74, 6) is -1.05. The summed E-state index contributed by atoms with van der Waals surface area (Å²) in [5, 5.41) is 11.3. The van der Waals surface area contributed by atoms with Crippen LogP contribution >= 0.6 is 11.8 Å². The van der Waals surface area contributed by atoms with Crippen LogP contribution in [0.15, 0.2) is 0 Å². The molecule has 2 N–H and O–H groups in total. The normalized spacial score (nSPS) is 13.2. The standard InChI is InChI=1S/C12H22N2O5S/c1-8(5-6-20-4)14(2)12(18)13-9(11(16)17)7-10(15)19-3/h8-9H,5-7H2,1-4H3,(H,13,18)(H,16,17)/t8?,9-/m0/s1. The zero-order valence-corrected chi connectivity index (χ0v) is 13.0. The van der Waals surface area contributed by atoms with Gasteiger partial charge in [-0.3, -0.25) is 4.79 Å². The summed E-state index contributed by atoms with van der Waals surface area (Å²) in [5.41, 5.74) is 0. The van der Waals surface area contributed by atoms with Crippen LogP contribution in [0.5, 0.6) is 0 Å². The molecule has 20 heavy (non-hydrogen) atoms. The first-order valence-corrected chi connectivity index (χ1v) is 7.54. The van der Waals surface area contributed by atoms with Gasteiger partial charge in [-0.2, -0.15) is 11.8 Å². The Morgan fingerprint density at radius 1 is 1.40 bits per heavy atom. The van der Waals surface area contributed by atoms with Crippen LogP contribution in [0.1, 0.15) is 19.8 Å². The number of nitrogens with zero attached hydrogens (tertiary/aromatic N) is 1. The quantitative estimate of drug-likeness (QED) is 0.644. The molecule has 0 fully saturated rings. The highest BCUT2D eigenvalue weighted by molar-refractivity contribution is 7.98. The highest BCUT2D eigenvalue weighted by Crippen LogP contribution is 2.07. The first-order valence-electron chi connectivity index (χ1n) is 6.15. The van der Waals surface area contributed by atoms with E-state index < -0.39 is 30.4 Å². The minimum atomic E-state index is -1.29. The fourth-order valence-corrected chi connectivity index (χ4v) is 1.96. The third-order valence-corrected chi connectivity index (χ3v) is 3.56. The second kappa shape index (κ2) is 9.46. The number of aliphatic carboxylic acids is 1. The third-order valence-electron chi connectivity index (χ3n) is 2.92. The lowest BCUT2D eigenvalue weighted by Crippen LogP contribution is -2.50. The van der Waals surface area contributed by atoms with E-state index in [9.17, 15) is 14.4 Å². The molecule has 0 aromatic heterocycles. The van der Waals surface area contributed by atoms with Crippen LogP contribution in [0, 0.1) is 0 Å². The fraction of sp³-hybridized carbons (Fsp3) is 0.750. The minimum absolute atomic E-state index is 0.0185. The molecule has 116 valence electrons. The lowest BCUT2D eigenvalue weighted by atomic mass is 10.2. The monoisotopic (exact) mass is 306 g/mol. The number of hydrogen-bond donors (Lipinski definition) is 2. The molecule has 0 radical (unpaired) electrons. The Labute approximate surface area is 123 Å². The number of thioether (sulfide) groups is 1. The molecule has 1 unspecified atom stereocenters. The number of esters is 1. The van der Waals surface area contributed by atoms with Crippen molar-refractivity contribution < 1.29 is 24.2 Å². The summed E-state index contributed by atoms with van der Waals surface area (Å²) in [6.07, 6.45) is 2.38. The number of carbonyl (C=O) groups excluding carboxylic acids is 2. The SMILES string of the molecule is COC(=O)C[C@H](NC(=O)N(C)C(C)CCSC)C(=O)O. The Hall–Kier alpha value is -1.44. The van der Waals surface area contributed by atoms with Crippen molar-refractivity contribution >= 4 is 29.7 Å². The van der Waals surface area contributed by atoms with Gasteiger partial charge in [0.25, 0.3) is 0 Å². The van der Waals surface area contributed by atoms with Crippen LogP contribution in [0.4, 0.5) is 4.79 Å². The van der Waals surface area contributed by atoms with Crippen LogP contribution in [-0.2, 0) is 14.3 Å². The van der Waals surface area contributed by atoms with E-state index in [0.29, 0.717) is 0 Å². The number of urea groups is 1. The lowest BCUT2D eigenvalue weighted by molar-refractivity contribution is -0.147. The van der Waals surface area contributed by atoms with Crippen LogP contribution < -0.4 is 5.32 Å². The number of ether oxygens (including phenoxy) is 1. The number of nitrogens with one attached hydrogen (secondary N) is 1. The van der Waals surface area contributed by atoms with E-state index in [1.165, 1.54) is 12.0 Å². The molecule has 0 saturated heterocycles. The van der Waals surface area contributed by atoms with Gasteiger partial charge in [-0.1, -0.05) is 0 Å². The Kier molecular flexibility index (Phi) is 8.78. The highest BCUT2D eigenvalue weighted by Gasteiger charge is 2.26. The number of carboxylic acids is 1. The summed E-state index contributed by atoms with van der Waals surface area (Å²) in [6, 6.07) is -1.82. The van der Waals surface area contributed by atoms with Crippen molar-refractivity contribution in [1.29, 1.82) is 0 Å². The van der Waals surface area contributed by atoms with E-state index in [4.69, 9.17) is 5.11 Å². The van der Waals surface area contributed by atoms with Gasteiger partial charge in [-0.15, -0.1) is 0 Å². The van der Waals surface area contributed by atoms with E-state index >= 15 is 0 Å². The Morgan fingerprint density at radius 2 is 2.00 bits per heavy atom. The molecule has 0 spiro atoms. The molecular formula is C12H22N2O5S. The Balaban J connectivity index is 4.51. The zero-order chi connectivity index (χ0) is 15.7. The number of methoxy groups -OCH3 is 1. The summed E-state index contributed by atoms with van der Waals surface area (Å²) in [4.78, 5) is 35.5. The predicted molar refractivity (Wildman–Crippen MR) is 76.8 cm³/mol. The number of rotatable bonds is 8. The van der Waals surface area contributed by atoms with Crippen molar-refractivity contribution in [2.45, 2.75) is 31.8 Å². The summed E-state index contributed by atoms with van der Waals surface area (Å²) in [6.45, 7) is 1.88. The van der Waals surface area contributed by atoms with Gasteiger partial charge >= 0.3 is 18.0 Å². The highest BCUT2D eigenvalue weighted by atomic mass is 32.2. The molecule has 0 rings (SSSR count). The van der Waals surface area contributed by atoms with Crippen LogP contribution in [0.3, 0.4) is 0 Å². The van der Waals surface area contributed by atoms with Crippen LogP contribution in [0.25, 0.3) is 0 Å². The van der Waals surface area contributed by atoms with Gasteiger partial charge in [0.05, 0.1) is 13.5 Å². The first kappa shape index (κ1) is 18.6. The molecule has 0 aromatic carbocycles. The van der Waals surface area contributed by atoms with E-state index in [2.05, 4.69) is 10.1 Å². The number of carbonyl (C=O) groups is 3. The molecule has 8 heteroatoms. The maximum Gasteiger partial charge on any atom is 0.326 e. The zero-order valence-electron chi connectivity index (χ0n) is 12.2. The van der Waals surface area contributed by atoms with Crippen molar-refractivity contribution in [1.82, 2.24) is 10.2 Å². The molecule has 0 aliphatic rings.